The van der Waals surface area contributed by atoms with Gasteiger partial charge in [0.05, 0.1) is 12.2 Å². The minimum atomic E-state index is -0.234. The van der Waals surface area contributed by atoms with Crippen LogP contribution in [-0.4, -0.2) is 27.0 Å². The molecular formula is C9H10O4. The number of phenols is 3. The maximum atomic E-state index is 9.25. The molecule has 0 heterocycles. The van der Waals surface area contributed by atoms with Gasteiger partial charge in [-0.25, -0.2) is 0 Å². The number of aliphatic hydroxyl groups is 1. The Bertz CT molecular complexity index is 307. The van der Waals surface area contributed by atoms with E-state index < -0.39 is 0 Å². The first-order chi connectivity index (χ1) is 6.15. The third-order valence-corrected chi connectivity index (χ3v) is 1.51. The summed E-state index contributed by atoms with van der Waals surface area (Å²) in [5.41, 5.74) is 0.173. The molecule has 1 aromatic rings. The van der Waals surface area contributed by atoms with Crippen LogP contribution in [0.3, 0.4) is 0 Å². The summed E-state index contributed by atoms with van der Waals surface area (Å²) in [4.78, 5) is 0. The smallest absolute Gasteiger partial charge is 0.130 e. The van der Waals surface area contributed by atoms with E-state index in [2.05, 4.69) is 0 Å². The van der Waals surface area contributed by atoms with Gasteiger partial charge in [-0.3, -0.25) is 0 Å². The highest BCUT2D eigenvalue weighted by Crippen LogP contribution is 2.32. The van der Waals surface area contributed by atoms with E-state index in [4.69, 9.17) is 10.2 Å². The van der Waals surface area contributed by atoms with Gasteiger partial charge in [-0.15, -0.1) is 0 Å². The van der Waals surface area contributed by atoms with Gasteiger partial charge < -0.3 is 20.4 Å². The summed E-state index contributed by atoms with van der Waals surface area (Å²) in [6.45, 7) is -0.181. The van der Waals surface area contributed by atoms with Gasteiger partial charge in [0.2, 0.25) is 0 Å². The molecule has 1 rings (SSSR count). The summed E-state index contributed by atoms with van der Waals surface area (Å²) < 4.78 is 0. The van der Waals surface area contributed by atoms with E-state index in [0.29, 0.717) is 0 Å². The van der Waals surface area contributed by atoms with Crippen molar-refractivity contribution in [1.29, 1.82) is 0 Å². The Labute approximate surface area is 75.0 Å². The van der Waals surface area contributed by atoms with Crippen LogP contribution in [0.2, 0.25) is 0 Å². The molecule has 1 aromatic carbocycles. The highest BCUT2D eigenvalue weighted by molar-refractivity contribution is 5.65. The second kappa shape index (κ2) is 3.82. The molecule has 4 N–H and O–H groups in total. The molecule has 0 unspecified atom stereocenters. The second-order valence-corrected chi connectivity index (χ2v) is 2.48. The molecule has 70 valence electrons. The standard InChI is InChI=1S/C9H10O4/c10-3-1-2-7-8(12)4-6(11)5-9(7)13/h1-2,4-5,10-13H,3H2/b2-1+. The molecule has 0 atom stereocenters. The Kier molecular flexibility index (Phi) is 2.76. The summed E-state index contributed by atoms with van der Waals surface area (Å²) in [5.74, 6) is -0.680. The number of rotatable bonds is 2. The quantitative estimate of drug-likeness (QED) is 0.545. The minimum Gasteiger partial charge on any atom is -0.508 e. The van der Waals surface area contributed by atoms with E-state index in [1.165, 1.54) is 12.2 Å². The highest BCUT2D eigenvalue weighted by atomic mass is 16.3. The molecule has 13 heavy (non-hydrogen) atoms. The number of aromatic hydroxyl groups is 3. The van der Waals surface area contributed by atoms with Crippen LogP contribution in [0.4, 0.5) is 0 Å². The lowest BCUT2D eigenvalue weighted by Crippen LogP contribution is -1.78. The van der Waals surface area contributed by atoms with Crippen molar-refractivity contribution in [3.8, 4) is 17.2 Å². The van der Waals surface area contributed by atoms with Crippen molar-refractivity contribution in [2.45, 2.75) is 0 Å². The van der Waals surface area contributed by atoms with Gasteiger partial charge >= 0.3 is 0 Å². The summed E-state index contributed by atoms with van der Waals surface area (Å²) in [7, 11) is 0. The first-order valence-electron chi connectivity index (χ1n) is 3.67. The zero-order chi connectivity index (χ0) is 9.84. The number of hydrogen-bond acceptors (Lipinski definition) is 4. The van der Waals surface area contributed by atoms with Crippen LogP contribution in [0.25, 0.3) is 6.08 Å². The fourth-order valence-corrected chi connectivity index (χ4v) is 0.950. The van der Waals surface area contributed by atoms with Crippen molar-refractivity contribution in [2.75, 3.05) is 6.61 Å². The van der Waals surface area contributed by atoms with Crippen LogP contribution in [0.1, 0.15) is 5.56 Å². The molecule has 0 aliphatic heterocycles. The number of aliphatic hydroxyl groups excluding tert-OH is 1. The monoisotopic (exact) mass is 182 g/mol. The van der Waals surface area contributed by atoms with Gasteiger partial charge in [0, 0.05) is 12.1 Å². The van der Waals surface area contributed by atoms with Crippen LogP contribution in [0.15, 0.2) is 18.2 Å². The fraction of sp³-hybridized carbons (Fsp3) is 0.111. The molecule has 0 fully saturated rings. The van der Waals surface area contributed by atoms with E-state index >= 15 is 0 Å². The molecule has 0 aromatic heterocycles. The zero-order valence-corrected chi connectivity index (χ0v) is 6.81. The SMILES string of the molecule is OC/C=C/c1c(O)cc(O)cc1O. The lowest BCUT2D eigenvalue weighted by Gasteiger charge is -2.02. The second-order valence-electron chi connectivity index (χ2n) is 2.48. The van der Waals surface area contributed by atoms with E-state index in [-0.39, 0.29) is 29.4 Å². The van der Waals surface area contributed by atoms with Gasteiger partial charge in [-0.1, -0.05) is 6.08 Å². The Hall–Kier alpha value is -1.68. The van der Waals surface area contributed by atoms with Gasteiger partial charge in [-0.2, -0.15) is 0 Å². The number of benzene rings is 1. The van der Waals surface area contributed by atoms with Crippen LogP contribution in [0.5, 0.6) is 17.2 Å². The van der Waals surface area contributed by atoms with E-state index in [1.54, 1.807) is 0 Å². The predicted octanol–water partition coefficient (Wildman–Crippen LogP) is 0.809. The van der Waals surface area contributed by atoms with Gasteiger partial charge in [0.15, 0.2) is 0 Å². The summed E-state index contributed by atoms with van der Waals surface area (Å²) >= 11 is 0. The first-order valence-corrected chi connectivity index (χ1v) is 3.67. The average molecular weight is 182 g/mol. The van der Waals surface area contributed by atoms with Crippen molar-refractivity contribution < 1.29 is 20.4 Å². The summed E-state index contributed by atoms with van der Waals surface area (Å²) in [6, 6.07) is 2.22. The number of phenolic OH excluding ortho intramolecular Hbond substituents is 3. The van der Waals surface area contributed by atoms with Crippen molar-refractivity contribution in [3.05, 3.63) is 23.8 Å². The number of hydrogen-bond donors (Lipinski definition) is 4. The maximum Gasteiger partial charge on any atom is 0.130 e. The van der Waals surface area contributed by atoms with E-state index in [0.717, 1.165) is 12.1 Å². The van der Waals surface area contributed by atoms with Crippen LogP contribution in [-0.2, 0) is 0 Å². The molecular weight excluding hydrogens is 172 g/mol. The normalized spacial score (nSPS) is 10.8. The average Bonchev–Trinajstić information content (AvgIpc) is 2.02. The topological polar surface area (TPSA) is 80.9 Å². The van der Waals surface area contributed by atoms with Crippen molar-refractivity contribution in [2.24, 2.45) is 0 Å². The zero-order valence-electron chi connectivity index (χ0n) is 6.81. The molecule has 0 amide bonds. The molecule has 0 bridgehead atoms. The molecule has 4 heteroatoms. The minimum absolute atomic E-state index is 0.173. The van der Waals surface area contributed by atoms with Crippen LogP contribution in [0, 0.1) is 0 Å². The van der Waals surface area contributed by atoms with Crippen molar-refractivity contribution in [3.63, 3.8) is 0 Å². The Morgan fingerprint density at radius 3 is 2.08 bits per heavy atom. The Morgan fingerprint density at radius 1 is 1.08 bits per heavy atom. The maximum absolute atomic E-state index is 9.25. The third-order valence-electron chi connectivity index (χ3n) is 1.51. The fourth-order valence-electron chi connectivity index (χ4n) is 0.950. The third kappa shape index (κ3) is 2.13. The lowest BCUT2D eigenvalue weighted by molar-refractivity contribution is 0.343. The highest BCUT2D eigenvalue weighted by Gasteiger charge is 2.05. The van der Waals surface area contributed by atoms with E-state index in [9.17, 15) is 10.2 Å². The Balaban J connectivity index is 3.13. The molecule has 0 saturated carbocycles. The van der Waals surface area contributed by atoms with Gasteiger partial charge in [-0.05, 0) is 6.08 Å². The molecule has 4 nitrogen and oxygen atoms in total. The summed E-state index contributed by atoms with van der Waals surface area (Å²) in [6.07, 6.45) is 2.73. The van der Waals surface area contributed by atoms with Crippen LogP contribution < -0.4 is 0 Å². The van der Waals surface area contributed by atoms with Gasteiger partial charge in [0.1, 0.15) is 17.2 Å². The molecule has 0 radical (unpaired) electrons. The van der Waals surface area contributed by atoms with Gasteiger partial charge in [0.25, 0.3) is 0 Å². The lowest BCUT2D eigenvalue weighted by atomic mass is 10.1. The van der Waals surface area contributed by atoms with Crippen molar-refractivity contribution in [1.82, 2.24) is 0 Å². The predicted molar refractivity (Wildman–Crippen MR) is 47.6 cm³/mol. The van der Waals surface area contributed by atoms with E-state index in [1.807, 2.05) is 0 Å². The molecule has 0 spiro atoms. The summed E-state index contributed by atoms with van der Waals surface area (Å²) in [5, 5.41) is 35.9. The van der Waals surface area contributed by atoms with Crippen molar-refractivity contribution >= 4 is 6.08 Å². The molecule has 0 aliphatic rings. The largest absolute Gasteiger partial charge is 0.508 e. The Morgan fingerprint density at radius 2 is 1.62 bits per heavy atom. The molecule has 0 saturated heterocycles. The van der Waals surface area contributed by atoms with Crippen LogP contribution >= 0.6 is 0 Å². The molecule has 0 aliphatic carbocycles. The first kappa shape index (κ1) is 9.41.